The number of carbonyl (C=O) groups excluding carboxylic acids is 1. The number of nitrogens with zero attached hydrogens (tertiary/aromatic N) is 1. The van der Waals surface area contributed by atoms with Gasteiger partial charge in [0.25, 0.3) is 0 Å². The number of anilines is 1. The van der Waals surface area contributed by atoms with E-state index >= 15 is 0 Å². The van der Waals surface area contributed by atoms with E-state index in [-0.39, 0.29) is 5.91 Å². The van der Waals surface area contributed by atoms with Gasteiger partial charge in [-0.1, -0.05) is 0 Å². The summed E-state index contributed by atoms with van der Waals surface area (Å²) in [7, 11) is 0. The summed E-state index contributed by atoms with van der Waals surface area (Å²) in [5.74, 6) is 0.180. The summed E-state index contributed by atoms with van der Waals surface area (Å²) < 4.78 is 0. The van der Waals surface area contributed by atoms with Crippen molar-refractivity contribution in [3.05, 3.63) is 11.1 Å². The molecule has 1 amide bonds. The van der Waals surface area contributed by atoms with E-state index in [1.165, 1.54) is 0 Å². The summed E-state index contributed by atoms with van der Waals surface area (Å²) in [5, 5.41) is 9.15. The molecule has 1 saturated carbocycles. The van der Waals surface area contributed by atoms with Crippen molar-refractivity contribution in [1.29, 1.82) is 0 Å². The van der Waals surface area contributed by atoms with Crippen LogP contribution in [0.1, 0.15) is 31.4 Å². The first-order valence-electron chi connectivity index (χ1n) is 5.69. The van der Waals surface area contributed by atoms with Gasteiger partial charge in [-0.25, -0.2) is 4.98 Å². The van der Waals surface area contributed by atoms with Crippen molar-refractivity contribution in [3.63, 3.8) is 0 Å². The van der Waals surface area contributed by atoms with E-state index in [2.05, 4.69) is 15.6 Å². The van der Waals surface area contributed by atoms with Crippen molar-refractivity contribution in [2.45, 2.75) is 38.6 Å². The van der Waals surface area contributed by atoms with Crippen LogP contribution in [0.4, 0.5) is 5.13 Å². The minimum Gasteiger partial charge on any atom is -0.362 e. The third-order valence-electron chi connectivity index (χ3n) is 2.42. The van der Waals surface area contributed by atoms with Crippen LogP contribution < -0.4 is 10.6 Å². The van der Waals surface area contributed by atoms with E-state index in [0.717, 1.165) is 36.6 Å². The van der Waals surface area contributed by atoms with Crippen LogP contribution in [0.25, 0.3) is 0 Å². The van der Waals surface area contributed by atoms with E-state index in [1.54, 1.807) is 11.3 Å². The highest BCUT2D eigenvalue weighted by molar-refractivity contribution is 7.13. The van der Waals surface area contributed by atoms with Crippen molar-refractivity contribution in [2.24, 2.45) is 0 Å². The summed E-state index contributed by atoms with van der Waals surface area (Å²) >= 11 is 1.61. The molecule has 1 aliphatic carbocycles. The molecule has 1 fully saturated rings. The molecule has 88 valence electrons. The Kier molecular flexibility index (Phi) is 3.77. The van der Waals surface area contributed by atoms with Crippen molar-refractivity contribution in [2.75, 3.05) is 11.9 Å². The molecule has 1 aromatic heterocycles. The van der Waals surface area contributed by atoms with E-state index in [9.17, 15) is 4.79 Å². The fourth-order valence-electron chi connectivity index (χ4n) is 1.41. The number of hydrogen-bond acceptors (Lipinski definition) is 4. The number of aryl methyl sites for hydroxylation is 1. The second-order valence-electron chi connectivity index (χ2n) is 4.17. The quantitative estimate of drug-likeness (QED) is 0.746. The molecule has 2 N–H and O–H groups in total. The summed E-state index contributed by atoms with van der Waals surface area (Å²) in [5.41, 5.74) is 1.04. The third-order valence-corrected chi connectivity index (χ3v) is 3.34. The Labute approximate surface area is 99.5 Å². The highest BCUT2D eigenvalue weighted by atomic mass is 32.1. The number of thiazole rings is 1. The molecule has 0 radical (unpaired) electrons. The maximum absolute atomic E-state index is 11.4. The van der Waals surface area contributed by atoms with Gasteiger partial charge in [-0.3, -0.25) is 4.79 Å². The molecule has 0 spiro atoms. The van der Waals surface area contributed by atoms with Crippen LogP contribution in [0, 0.1) is 6.92 Å². The minimum absolute atomic E-state index is 0.180. The Hall–Kier alpha value is -1.10. The summed E-state index contributed by atoms with van der Waals surface area (Å²) in [6, 6.07) is 0.474. The van der Waals surface area contributed by atoms with Gasteiger partial charge >= 0.3 is 0 Å². The highest BCUT2D eigenvalue weighted by Crippen LogP contribution is 2.18. The molecule has 0 saturated heterocycles. The van der Waals surface area contributed by atoms with E-state index < -0.39 is 0 Å². The lowest BCUT2D eigenvalue weighted by atomic mass is 10.3. The Morgan fingerprint density at radius 2 is 2.44 bits per heavy atom. The number of nitrogens with one attached hydrogen (secondary N) is 2. The number of carbonyl (C=O) groups is 1. The van der Waals surface area contributed by atoms with Gasteiger partial charge in [0.15, 0.2) is 5.13 Å². The van der Waals surface area contributed by atoms with Crippen LogP contribution in [0.15, 0.2) is 5.38 Å². The van der Waals surface area contributed by atoms with Gasteiger partial charge in [0.05, 0.1) is 5.69 Å². The minimum atomic E-state index is 0.180. The Morgan fingerprint density at radius 1 is 1.62 bits per heavy atom. The third kappa shape index (κ3) is 3.81. The SMILES string of the molecule is Cc1csc(NCCCC(=O)NC2CC2)n1. The Bertz CT molecular complexity index is 360. The van der Waals surface area contributed by atoms with Crippen LogP contribution in [-0.4, -0.2) is 23.5 Å². The summed E-state index contributed by atoms with van der Waals surface area (Å²) in [4.78, 5) is 15.6. The van der Waals surface area contributed by atoms with E-state index in [1.807, 2.05) is 12.3 Å². The fourth-order valence-corrected chi connectivity index (χ4v) is 2.12. The van der Waals surface area contributed by atoms with Crippen molar-refractivity contribution in [1.82, 2.24) is 10.3 Å². The molecule has 1 aromatic rings. The van der Waals surface area contributed by atoms with Gasteiger partial charge in [0.2, 0.25) is 5.91 Å². The number of rotatable bonds is 6. The molecule has 1 heterocycles. The number of amides is 1. The predicted molar refractivity (Wildman–Crippen MR) is 65.7 cm³/mol. The number of hydrogen-bond donors (Lipinski definition) is 2. The largest absolute Gasteiger partial charge is 0.362 e. The van der Waals surface area contributed by atoms with Crippen LogP contribution in [-0.2, 0) is 4.79 Å². The average Bonchev–Trinajstić information content (AvgIpc) is 2.95. The lowest BCUT2D eigenvalue weighted by Gasteiger charge is -2.03. The molecule has 5 heteroatoms. The maximum atomic E-state index is 11.4. The average molecular weight is 239 g/mol. The van der Waals surface area contributed by atoms with E-state index in [0.29, 0.717) is 12.5 Å². The zero-order valence-electron chi connectivity index (χ0n) is 9.45. The van der Waals surface area contributed by atoms with Gasteiger partial charge in [-0.05, 0) is 26.2 Å². The molecule has 0 atom stereocenters. The van der Waals surface area contributed by atoms with Crippen LogP contribution in [0.3, 0.4) is 0 Å². The molecular weight excluding hydrogens is 222 g/mol. The van der Waals surface area contributed by atoms with Gasteiger partial charge < -0.3 is 10.6 Å². The Morgan fingerprint density at radius 3 is 3.06 bits per heavy atom. The molecule has 1 aliphatic rings. The molecule has 0 unspecified atom stereocenters. The van der Waals surface area contributed by atoms with Crippen LogP contribution in [0.5, 0.6) is 0 Å². The monoisotopic (exact) mass is 239 g/mol. The number of aromatic nitrogens is 1. The normalized spacial score (nSPS) is 14.8. The second kappa shape index (κ2) is 5.30. The Balaban J connectivity index is 1.55. The zero-order chi connectivity index (χ0) is 11.4. The lowest BCUT2D eigenvalue weighted by Crippen LogP contribution is -2.25. The molecule has 2 rings (SSSR count). The summed E-state index contributed by atoms with van der Waals surface area (Å²) in [6.45, 7) is 2.79. The topological polar surface area (TPSA) is 54.0 Å². The van der Waals surface area contributed by atoms with Crippen LogP contribution in [0.2, 0.25) is 0 Å². The van der Waals surface area contributed by atoms with Gasteiger partial charge in [-0.2, -0.15) is 0 Å². The highest BCUT2D eigenvalue weighted by Gasteiger charge is 2.22. The lowest BCUT2D eigenvalue weighted by molar-refractivity contribution is -0.121. The molecule has 4 nitrogen and oxygen atoms in total. The smallest absolute Gasteiger partial charge is 0.220 e. The summed E-state index contributed by atoms with van der Waals surface area (Å²) in [6.07, 6.45) is 3.77. The van der Waals surface area contributed by atoms with Gasteiger partial charge in [0, 0.05) is 24.4 Å². The fraction of sp³-hybridized carbons (Fsp3) is 0.636. The molecule has 0 aliphatic heterocycles. The predicted octanol–water partition coefficient (Wildman–Crippen LogP) is 1.92. The molecule has 0 bridgehead atoms. The first-order chi connectivity index (χ1) is 7.74. The zero-order valence-corrected chi connectivity index (χ0v) is 10.3. The molecule has 0 aromatic carbocycles. The van der Waals surface area contributed by atoms with Crippen molar-refractivity contribution in [3.8, 4) is 0 Å². The van der Waals surface area contributed by atoms with Gasteiger partial charge in [0.1, 0.15) is 0 Å². The van der Waals surface area contributed by atoms with Crippen molar-refractivity contribution < 1.29 is 4.79 Å². The maximum Gasteiger partial charge on any atom is 0.220 e. The second-order valence-corrected chi connectivity index (χ2v) is 5.02. The standard InChI is InChI=1S/C11H17N3OS/c1-8-7-16-11(13-8)12-6-2-3-10(15)14-9-4-5-9/h7,9H,2-6H2,1H3,(H,12,13)(H,14,15). The first kappa shape index (κ1) is 11.4. The van der Waals surface area contributed by atoms with Crippen molar-refractivity contribution >= 4 is 22.4 Å². The molecular formula is C11H17N3OS. The van der Waals surface area contributed by atoms with Gasteiger partial charge in [-0.15, -0.1) is 11.3 Å². The molecule has 16 heavy (non-hydrogen) atoms. The van der Waals surface area contributed by atoms with E-state index in [4.69, 9.17) is 0 Å². The first-order valence-corrected chi connectivity index (χ1v) is 6.57. The van der Waals surface area contributed by atoms with Crippen LogP contribution >= 0.6 is 11.3 Å².